The van der Waals surface area contributed by atoms with Crippen molar-refractivity contribution in [3.05, 3.63) is 95.3 Å². The fourth-order valence-electron chi connectivity index (χ4n) is 4.08. The average Bonchev–Trinajstić information content (AvgIpc) is 2.83. The minimum Gasteiger partial charge on any atom is -0.482 e. The second-order valence-corrected chi connectivity index (χ2v) is 7.83. The Morgan fingerprint density at radius 2 is 1.97 bits per heavy atom. The first-order valence-electron chi connectivity index (χ1n) is 10.8. The van der Waals surface area contributed by atoms with Crippen molar-refractivity contribution in [3.8, 4) is 5.75 Å². The van der Waals surface area contributed by atoms with E-state index in [1.165, 1.54) is 0 Å². The Labute approximate surface area is 187 Å². The van der Waals surface area contributed by atoms with Gasteiger partial charge in [-0.25, -0.2) is 4.79 Å². The van der Waals surface area contributed by atoms with E-state index in [1.54, 1.807) is 12.4 Å². The molecule has 0 bridgehead atoms. The van der Waals surface area contributed by atoms with Gasteiger partial charge in [-0.05, 0) is 54.2 Å². The highest BCUT2D eigenvalue weighted by atomic mass is 16.6. The van der Waals surface area contributed by atoms with Gasteiger partial charge in [0.25, 0.3) is 0 Å². The number of aliphatic carboxylic acids is 1. The van der Waals surface area contributed by atoms with Crippen LogP contribution < -0.4 is 4.74 Å². The molecule has 0 fully saturated rings. The molecule has 4 rings (SSSR count). The van der Waals surface area contributed by atoms with Crippen LogP contribution in [-0.4, -0.2) is 35.0 Å². The highest BCUT2D eigenvalue weighted by Gasteiger charge is 2.24. The Bertz CT molecular complexity index is 1070. The number of pyridine rings is 1. The number of carbonyl (C=O) groups is 1. The number of benzene rings is 2. The summed E-state index contributed by atoms with van der Waals surface area (Å²) in [5.74, 6) is -0.144. The second kappa shape index (κ2) is 10.6. The van der Waals surface area contributed by atoms with Crippen molar-refractivity contribution in [2.75, 3.05) is 13.2 Å². The van der Waals surface area contributed by atoms with E-state index in [-0.39, 0.29) is 12.5 Å². The Morgan fingerprint density at radius 1 is 1.09 bits per heavy atom. The highest BCUT2D eigenvalue weighted by molar-refractivity contribution is 6.01. The molecule has 164 valence electrons. The van der Waals surface area contributed by atoms with Crippen LogP contribution in [0.4, 0.5) is 0 Å². The van der Waals surface area contributed by atoms with Crippen LogP contribution in [0.3, 0.4) is 0 Å². The molecule has 1 aromatic heterocycles. The number of hydrogen-bond donors (Lipinski definition) is 1. The lowest BCUT2D eigenvalue weighted by Gasteiger charge is -2.26. The molecule has 1 aliphatic rings. The molecule has 1 N–H and O–H groups in total. The summed E-state index contributed by atoms with van der Waals surface area (Å²) in [4.78, 5) is 21.0. The van der Waals surface area contributed by atoms with Gasteiger partial charge in [0.05, 0.1) is 5.71 Å². The number of nitrogens with zero attached hydrogens (tertiary/aromatic N) is 2. The van der Waals surface area contributed by atoms with E-state index >= 15 is 0 Å². The lowest BCUT2D eigenvalue weighted by Crippen LogP contribution is -2.17. The number of oxime groups is 1. The summed E-state index contributed by atoms with van der Waals surface area (Å²) in [6.45, 7) is 0.115. The molecule has 6 nitrogen and oxygen atoms in total. The number of carboxylic acids is 1. The van der Waals surface area contributed by atoms with Crippen molar-refractivity contribution in [2.24, 2.45) is 5.16 Å². The predicted molar refractivity (Wildman–Crippen MR) is 122 cm³/mol. The van der Waals surface area contributed by atoms with Gasteiger partial charge < -0.3 is 14.7 Å². The van der Waals surface area contributed by atoms with Crippen LogP contribution in [0.25, 0.3) is 0 Å². The predicted octanol–water partition coefficient (Wildman–Crippen LogP) is 4.63. The monoisotopic (exact) mass is 430 g/mol. The smallest absolute Gasteiger partial charge is 0.341 e. The maximum Gasteiger partial charge on any atom is 0.341 e. The summed E-state index contributed by atoms with van der Waals surface area (Å²) in [7, 11) is 0. The molecule has 0 radical (unpaired) electrons. The van der Waals surface area contributed by atoms with Crippen molar-refractivity contribution >= 4 is 11.7 Å². The minimum absolute atomic E-state index is 0.183. The molecule has 0 spiro atoms. The highest BCUT2D eigenvalue weighted by Crippen LogP contribution is 2.37. The van der Waals surface area contributed by atoms with Crippen molar-refractivity contribution in [1.82, 2.24) is 4.98 Å². The van der Waals surface area contributed by atoms with Crippen molar-refractivity contribution in [1.29, 1.82) is 0 Å². The minimum atomic E-state index is -0.978. The van der Waals surface area contributed by atoms with E-state index in [0.717, 1.165) is 47.2 Å². The summed E-state index contributed by atoms with van der Waals surface area (Å²) < 4.78 is 5.51. The number of carboxylic acid groups (broad SMARTS) is 1. The van der Waals surface area contributed by atoms with Crippen LogP contribution in [0.2, 0.25) is 0 Å². The van der Waals surface area contributed by atoms with Gasteiger partial charge in [-0.15, -0.1) is 0 Å². The summed E-state index contributed by atoms with van der Waals surface area (Å²) >= 11 is 0. The molecule has 2 aromatic carbocycles. The van der Waals surface area contributed by atoms with Gasteiger partial charge in [-0.3, -0.25) is 4.98 Å². The van der Waals surface area contributed by atoms with E-state index in [2.05, 4.69) is 28.3 Å². The van der Waals surface area contributed by atoms with Gasteiger partial charge in [0.15, 0.2) is 6.61 Å². The van der Waals surface area contributed by atoms with Gasteiger partial charge in [0.1, 0.15) is 12.4 Å². The molecule has 0 aliphatic heterocycles. The van der Waals surface area contributed by atoms with Crippen LogP contribution in [-0.2, 0) is 22.5 Å². The lowest BCUT2D eigenvalue weighted by molar-refractivity contribution is -0.139. The van der Waals surface area contributed by atoms with E-state index in [9.17, 15) is 4.79 Å². The molecule has 1 aliphatic carbocycles. The van der Waals surface area contributed by atoms with E-state index in [1.807, 2.05) is 42.5 Å². The van der Waals surface area contributed by atoms with Gasteiger partial charge >= 0.3 is 5.97 Å². The molecule has 0 saturated heterocycles. The first-order valence-corrected chi connectivity index (χ1v) is 10.8. The molecule has 32 heavy (non-hydrogen) atoms. The van der Waals surface area contributed by atoms with Gasteiger partial charge in [-0.1, -0.05) is 47.6 Å². The lowest BCUT2D eigenvalue weighted by atomic mass is 9.83. The molecule has 1 heterocycles. The Morgan fingerprint density at radius 3 is 2.75 bits per heavy atom. The summed E-state index contributed by atoms with van der Waals surface area (Å²) in [6, 6.07) is 19.9. The standard InChI is InChI=1S/C26H26N2O4/c29-26(30)18-31-25-13-5-11-22-21(9-4-12-23(22)25)17-32-28-24(20-10-6-14-27-16-20)15-19-7-2-1-3-8-19/h1-3,5-8,10-11,13-14,16,21H,4,9,12,15,17-18H2,(H,29,30). The van der Waals surface area contributed by atoms with E-state index in [0.29, 0.717) is 18.8 Å². The molecule has 3 aromatic rings. The summed E-state index contributed by atoms with van der Waals surface area (Å²) in [5, 5.41) is 13.4. The van der Waals surface area contributed by atoms with E-state index in [4.69, 9.17) is 14.7 Å². The maximum atomic E-state index is 10.9. The zero-order chi connectivity index (χ0) is 22.2. The number of aromatic nitrogens is 1. The molecule has 0 saturated carbocycles. The van der Waals surface area contributed by atoms with Crippen molar-refractivity contribution < 1.29 is 19.5 Å². The average molecular weight is 431 g/mol. The Hall–Kier alpha value is -3.67. The normalized spacial score (nSPS) is 15.6. The SMILES string of the molecule is O=C(O)COc1cccc2c1CCCC2CON=C(Cc1ccccc1)c1cccnc1. The molecule has 1 unspecified atom stereocenters. The molecular formula is C26H26N2O4. The Kier molecular flexibility index (Phi) is 7.12. The molecular weight excluding hydrogens is 404 g/mol. The third-order valence-corrected chi connectivity index (χ3v) is 5.60. The fourth-order valence-corrected chi connectivity index (χ4v) is 4.08. The van der Waals surface area contributed by atoms with Crippen LogP contribution in [0.5, 0.6) is 5.75 Å². The topological polar surface area (TPSA) is 81.0 Å². The zero-order valence-corrected chi connectivity index (χ0v) is 17.8. The van der Waals surface area contributed by atoms with Crippen LogP contribution in [0.15, 0.2) is 78.2 Å². The fraction of sp³-hybridized carbons (Fsp3) is 0.269. The van der Waals surface area contributed by atoms with Crippen molar-refractivity contribution in [3.63, 3.8) is 0 Å². The zero-order valence-electron chi connectivity index (χ0n) is 17.8. The first-order chi connectivity index (χ1) is 15.7. The maximum absolute atomic E-state index is 10.9. The number of ether oxygens (including phenoxy) is 1. The molecule has 6 heteroatoms. The van der Waals surface area contributed by atoms with Crippen LogP contribution in [0.1, 0.15) is 41.0 Å². The third kappa shape index (κ3) is 5.52. The number of fused-ring (bicyclic) bond motifs is 1. The first kappa shape index (κ1) is 21.6. The molecule has 0 amide bonds. The second-order valence-electron chi connectivity index (χ2n) is 7.83. The summed E-state index contributed by atoms with van der Waals surface area (Å²) in [6.07, 6.45) is 7.06. The van der Waals surface area contributed by atoms with E-state index < -0.39 is 5.97 Å². The Balaban J connectivity index is 1.49. The third-order valence-electron chi connectivity index (χ3n) is 5.60. The van der Waals surface area contributed by atoms with Crippen LogP contribution in [0, 0.1) is 0 Å². The quantitative estimate of drug-likeness (QED) is 0.395. The molecule has 1 atom stereocenters. The number of rotatable bonds is 9. The summed E-state index contributed by atoms with van der Waals surface area (Å²) in [5.41, 5.74) is 5.15. The largest absolute Gasteiger partial charge is 0.482 e. The van der Waals surface area contributed by atoms with Gasteiger partial charge in [0, 0.05) is 30.3 Å². The van der Waals surface area contributed by atoms with Crippen molar-refractivity contribution in [2.45, 2.75) is 31.6 Å². The van der Waals surface area contributed by atoms with Crippen LogP contribution >= 0.6 is 0 Å². The number of hydrogen-bond acceptors (Lipinski definition) is 5. The van der Waals surface area contributed by atoms with Gasteiger partial charge in [0.2, 0.25) is 0 Å². The van der Waals surface area contributed by atoms with Gasteiger partial charge in [-0.2, -0.15) is 0 Å².